The lowest BCUT2D eigenvalue weighted by Gasteiger charge is -2.02. The highest BCUT2D eigenvalue weighted by Gasteiger charge is 2.07. The Kier molecular flexibility index (Phi) is 5.49. The van der Waals surface area contributed by atoms with Crippen molar-refractivity contribution in [3.05, 3.63) is 20.8 Å². The average molecular weight is 310 g/mol. The van der Waals surface area contributed by atoms with Crippen molar-refractivity contribution < 1.29 is 9.00 Å². The molecule has 1 aromatic rings. The maximum atomic E-state index is 11.5. The smallest absolute Gasteiger partial charge is 0.261 e. The number of thiophene rings is 1. The first kappa shape index (κ1) is 12.9. The Hall–Kier alpha value is -0.200. The molecule has 1 N–H and O–H groups in total. The molecule has 0 radical (unpaired) electrons. The number of carbonyl (C=O) groups is 1. The lowest BCUT2D eigenvalue weighted by atomic mass is 10.4. The quantitative estimate of drug-likeness (QED) is 0.904. The first-order valence-electron chi connectivity index (χ1n) is 4.52. The zero-order chi connectivity index (χ0) is 11.3. The normalized spacial score (nSPS) is 12.4. The molecule has 1 aromatic heterocycles. The Labute approximate surface area is 104 Å². The van der Waals surface area contributed by atoms with Crippen molar-refractivity contribution in [1.82, 2.24) is 5.32 Å². The zero-order valence-electron chi connectivity index (χ0n) is 8.29. The summed E-state index contributed by atoms with van der Waals surface area (Å²) in [4.78, 5) is 12.2. The second kappa shape index (κ2) is 6.40. The number of rotatable bonds is 5. The summed E-state index contributed by atoms with van der Waals surface area (Å²) in [5.74, 6) is 1.06. The molecule has 1 atom stereocenters. The molecule has 1 amide bonds. The topological polar surface area (TPSA) is 46.2 Å². The number of hydrogen-bond donors (Lipinski definition) is 1. The van der Waals surface area contributed by atoms with E-state index in [1.807, 2.05) is 13.0 Å². The van der Waals surface area contributed by atoms with E-state index in [0.29, 0.717) is 22.9 Å². The van der Waals surface area contributed by atoms with Gasteiger partial charge in [-0.2, -0.15) is 0 Å². The Morgan fingerprint density at radius 3 is 2.87 bits per heavy atom. The molecule has 3 nitrogen and oxygen atoms in total. The summed E-state index contributed by atoms with van der Waals surface area (Å²) in [7, 11) is -0.815. The maximum absolute atomic E-state index is 11.5. The highest BCUT2D eigenvalue weighted by Crippen LogP contribution is 2.21. The summed E-state index contributed by atoms with van der Waals surface area (Å²) in [6.07, 6.45) is 0. The van der Waals surface area contributed by atoms with Crippen molar-refractivity contribution in [2.45, 2.75) is 6.92 Å². The van der Waals surface area contributed by atoms with E-state index in [0.717, 1.165) is 3.79 Å². The molecule has 1 rings (SSSR count). The van der Waals surface area contributed by atoms with E-state index in [1.165, 1.54) is 11.3 Å². The van der Waals surface area contributed by atoms with Gasteiger partial charge in [-0.3, -0.25) is 9.00 Å². The number of hydrogen-bond acceptors (Lipinski definition) is 3. The summed E-state index contributed by atoms with van der Waals surface area (Å²) >= 11 is 4.68. The average Bonchev–Trinajstić information content (AvgIpc) is 2.64. The minimum Gasteiger partial charge on any atom is -0.350 e. The largest absolute Gasteiger partial charge is 0.350 e. The van der Waals surface area contributed by atoms with Crippen LogP contribution >= 0.6 is 27.3 Å². The van der Waals surface area contributed by atoms with Gasteiger partial charge in [0.25, 0.3) is 5.91 Å². The Morgan fingerprint density at radius 2 is 2.33 bits per heavy atom. The number of carbonyl (C=O) groups excluding carboxylic acids is 1. The van der Waals surface area contributed by atoms with E-state index in [4.69, 9.17) is 0 Å². The third kappa shape index (κ3) is 4.44. The van der Waals surface area contributed by atoms with Gasteiger partial charge < -0.3 is 5.32 Å². The van der Waals surface area contributed by atoms with Gasteiger partial charge in [0, 0.05) is 28.9 Å². The Morgan fingerprint density at radius 1 is 1.60 bits per heavy atom. The van der Waals surface area contributed by atoms with Crippen molar-refractivity contribution in [1.29, 1.82) is 0 Å². The van der Waals surface area contributed by atoms with Crippen molar-refractivity contribution in [2.24, 2.45) is 0 Å². The van der Waals surface area contributed by atoms with Crippen LogP contribution in [0, 0.1) is 0 Å². The van der Waals surface area contributed by atoms with Crippen LogP contribution in [0.2, 0.25) is 0 Å². The van der Waals surface area contributed by atoms with Gasteiger partial charge in [0.1, 0.15) is 0 Å². The van der Waals surface area contributed by atoms with Crippen LogP contribution in [-0.2, 0) is 10.8 Å². The van der Waals surface area contributed by atoms with Crippen molar-refractivity contribution >= 4 is 44.0 Å². The molecule has 0 aliphatic carbocycles. The van der Waals surface area contributed by atoms with Crippen molar-refractivity contribution in [3.63, 3.8) is 0 Å². The molecule has 0 aliphatic heterocycles. The van der Waals surface area contributed by atoms with Crippen LogP contribution in [0.1, 0.15) is 16.6 Å². The second-order valence-electron chi connectivity index (χ2n) is 2.79. The summed E-state index contributed by atoms with van der Waals surface area (Å²) in [5.41, 5.74) is 0. The molecule has 15 heavy (non-hydrogen) atoms. The fourth-order valence-electron chi connectivity index (χ4n) is 0.946. The van der Waals surface area contributed by atoms with Gasteiger partial charge in [-0.1, -0.05) is 6.92 Å². The summed E-state index contributed by atoms with van der Waals surface area (Å²) in [6, 6.07) is 3.60. The van der Waals surface area contributed by atoms with E-state index in [2.05, 4.69) is 21.2 Å². The molecule has 0 aromatic carbocycles. The highest BCUT2D eigenvalue weighted by molar-refractivity contribution is 9.11. The van der Waals surface area contributed by atoms with Gasteiger partial charge in [-0.05, 0) is 28.1 Å². The van der Waals surface area contributed by atoms with Crippen LogP contribution in [0.15, 0.2) is 15.9 Å². The van der Waals surface area contributed by atoms with Crippen LogP contribution < -0.4 is 5.32 Å². The predicted octanol–water partition coefficient (Wildman–Crippen LogP) is 2.01. The van der Waals surface area contributed by atoms with Gasteiger partial charge in [0.15, 0.2) is 0 Å². The zero-order valence-corrected chi connectivity index (χ0v) is 11.5. The van der Waals surface area contributed by atoms with Gasteiger partial charge in [-0.25, -0.2) is 0 Å². The number of nitrogens with one attached hydrogen (secondary N) is 1. The second-order valence-corrected chi connectivity index (χ2v) is 7.12. The fourth-order valence-corrected chi connectivity index (χ4v) is 2.87. The van der Waals surface area contributed by atoms with Gasteiger partial charge >= 0.3 is 0 Å². The van der Waals surface area contributed by atoms with E-state index < -0.39 is 10.8 Å². The molecule has 0 fully saturated rings. The third-order valence-electron chi connectivity index (χ3n) is 1.73. The Balaban J connectivity index is 2.34. The maximum Gasteiger partial charge on any atom is 0.261 e. The van der Waals surface area contributed by atoms with Crippen LogP contribution in [0.3, 0.4) is 0 Å². The monoisotopic (exact) mass is 309 g/mol. The molecule has 1 heterocycles. The van der Waals surface area contributed by atoms with Crippen molar-refractivity contribution in [2.75, 3.05) is 18.1 Å². The highest BCUT2D eigenvalue weighted by atomic mass is 79.9. The van der Waals surface area contributed by atoms with E-state index in [1.54, 1.807) is 6.07 Å². The molecule has 0 bridgehead atoms. The van der Waals surface area contributed by atoms with Gasteiger partial charge in [-0.15, -0.1) is 11.3 Å². The molecular weight excluding hydrogens is 298 g/mol. The lowest BCUT2D eigenvalue weighted by molar-refractivity contribution is 0.0960. The minimum absolute atomic E-state index is 0.0983. The summed E-state index contributed by atoms with van der Waals surface area (Å²) in [5, 5.41) is 2.74. The molecule has 0 saturated heterocycles. The van der Waals surface area contributed by atoms with Crippen LogP contribution in [0.5, 0.6) is 0 Å². The lowest BCUT2D eigenvalue weighted by Crippen LogP contribution is -2.27. The molecule has 1 unspecified atom stereocenters. The summed E-state index contributed by atoms with van der Waals surface area (Å²) < 4.78 is 12.0. The van der Waals surface area contributed by atoms with Crippen LogP contribution in [0.25, 0.3) is 0 Å². The molecule has 84 valence electrons. The Bertz CT molecular complexity index is 365. The first-order valence-corrected chi connectivity index (χ1v) is 7.61. The summed E-state index contributed by atoms with van der Waals surface area (Å²) in [6.45, 7) is 2.34. The molecular formula is C9H12BrNO2S2. The van der Waals surface area contributed by atoms with Crippen LogP contribution in [-0.4, -0.2) is 28.2 Å². The van der Waals surface area contributed by atoms with Crippen LogP contribution in [0.4, 0.5) is 0 Å². The number of halogens is 1. The predicted molar refractivity (Wildman–Crippen MR) is 67.9 cm³/mol. The number of amides is 1. The van der Waals surface area contributed by atoms with Gasteiger partial charge in [0.05, 0.1) is 8.66 Å². The van der Waals surface area contributed by atoms with E-state index in [9.17, 15) is 9.00 Å². The fraction of sp³-hybridized carbons (Fsp3) is 0.444. The van der Waals surface area contributed by atoms with Crippen molar-refractivity contribution in [3.8, 4) is 0 Å². The third-order valence-corrected chi connectivity index (χ3v) is 4.66. The minimum atomic E-state index is -0.815. The molecule has 6 heteroatoms. The van der Waals surface area contributed by atoms with Gasteiger partial charge in [0.2, 0.25) is 0 Å². The molecule has 0 aliphatic rings. The molecule has 0 saturated carbocycles. The standard InChI is InChI=1S/C9H12BrNO2S2/c1-2-15(13)6-5-11-9(12)7-3-4-8(10)14-7/h3-4H,2,5-6H2,1H3,(H,11,12). The van der Waals surface area contributed by atoms with E-state index in [-0.39, 0.29) is 5.91 Å². The first-order chi connectivity index (χ1) is 7.13. The SMILES string of the molecule is CCS(=O)CCNC(=O)c1ccc(Br)s1. The van der Waals surface area contributed by atoms with E-state index >= 15 is 0 Å². The molecule has 0 spiro atoms.